The van der Waals surface area contributed by atoms with Gasteiger partial charge in [0, 0.05) is 41.0 Å². The number of amides is 1. The van der Waals surface area contributed by atoms with Crippen LogP contribution in [0.3, 0.4) is 0 Å². The van der Waals surface area contributed by atoms with E-state index in [1.807, 2.05) is 30.5 Å². The van der Waals surface area contributed by atoms with Crippen LogP contribution in [0, 0.1) is 0 Å². The van der Waals surface area contributed by atoms with E-state index in [1.54, 1.807) is 0 Å². The van der Waals surface area contributed by atoms with Crippen molar-refractivity contribution < 1.29 is 4.79 Å². The van der Waals surface area contributed by atoms with Gasteiger partial charge in [-0.3, -0.25) is 4.79 Å². The van der Waals surface area contributed by atoms with E-state index in [0.29, 0.717) is 18.0 Å². The van der Waals surface area contributed by atoms with Gasteiger partial charge in [-0.05, 0) is 35.6 Å². The number of hydrogen-bond donors (Lipinski definition) is 2. The number of aromatic nitrogens is 1. The van der Waals surface area contributed by atoms with Gasteiger partial charge in [-0.25, -0.2) is 0 Å². The van der Waals surface area contributed by atoms with E-state index in [9.17, 15) is 4.79 Å². The number of aromatic amines is 1. The minimum Gasteiger partial charge on any atom is -0.361 e. The Morgan fingerprint density at radius 2 is 1.92 bits per heavy atom. The normalized spacial score (nSPS) is 12.3. The number of rotatable bonds is 7. The third kappa shape index (κ3) is 3.78. The Bertz CT molecular complexity index is 900. The molecule has 0 radical (unpaired) electrons. The summed E-state index contributed by atoms with van der Waals surface area (Å²) in [7, 11) is 0. The molecule has 0 saturated carbocycles. The Labute approximate surface area is 159 Å². The Hall–Kier alpha value is -2.26. The Morgan fingerprint density at radius 3 is 2.65 bits per heavy atom. The monoisotopic (exact) mass is 368 g/mol. The van der Waals surface area contributed by atoms with Crippen molar-refractivity contribution in [1.29, 1.82) is 0 Å². The molecule has 26 heavy (non-hydrogen) atoms. The molecule has 3 rings (SSSR count). The summed E-state index contributed by atoms with van der Waals surface area (Å²) in [5, 5.41) is 4.85. The van der Waals surface area contributed by atoms with Crippen molar-refractivity contribution in [3.8, 4) is 0 Å². The molecule has 2 aromatic carbocycles. The van der Waals surface area contributed by atoms with Gasteiger partial charge in [0.05, 0.1) is 0 Å². The highest BCUT2D eigenvalue weighted by atomic mass is 35.5. The van der Waals surface area contributed by atoms with Gasteiger partial charge in [0.25, 0.3) is 0 Å². The second-order valence-corrected chi connectivity index (χ2v) is 6.97. The van der Waals surface area contributed by atoms with Crippen LogP contribution in [0.1, 0.15) is 49.3 Å². The van der Waals surface area contributed by atoms with Crippen molar-refractivity contribution in [3.05, 3.63) is 70.4 Å². The van der Waals surface area contributed by atoms with Gasteiger partial charge in [0.2, 0.25) is 5.91 Å². The van der Waals surface area contributed by atoms with Crippen LogP contribution in [-0.4, -0.2) is 17.4 Å². The number of fused-ring (bicyclic) bond motifs is 1. The number of aryl methyl sites for hydroxylation is 1. The molecule has 136 valence electrons. The second-order valence-electron chi connectivity index (χ2n) is 6.57. The maximum Gasteiger partial charge on any atom is 0.220 e. The average molecular weight is 369 g/mol. The SMILES string of the molecule is CCCNC(=O)CC(c1ccccc1Cl)c1c[nH]c2c(CC)cccc12. The number of benzene rings is 2. The summed E-state index contributed by atoms with van der Waals surface area (Å²) in [5.41, 5.74) is 4.54. The van der Waals surface area contributed by atoms with Gasteiger partial charge in [-0.2, -0.15) is 0 Å². The van der Waals surface area contributed by atoms with Gasteiger partial charge in [0.1, 0.15) is 0 Å². The fourth-order valence-corrected chi connectivity index (χ4v) is 3.76. The van der Waals surface area contributed by atoms with Crippen molar-refractivity contribution in [3.63, 3.8) is 0 Å². The summed E-state index contributed by atoms with van der Waals surface area (Å²) >= 11 is 6.49. The van der Waals surface area contributed by atoms with Crippen LogP contribution in [-0.2, 0) is 11.2 Å². The standard InChI is InChI=1S/C22H25ClN2O/c1-3-12-24-21(26)13-18(16-9-5-6-11-20(16)23)19-14-25-22-15(4-2)8-7-10-17(19)22/h5-11,14,18,25H,3-4,12-13H2,1-2H3,(H,24,26). The first-order valence-corrected chi connectivity index (χ1v) is 9.63. The molecule has 1 unspecified atom stereocenters. The summed E-state index contributed by atoms with van der Waals surface area (Å²) in [6.07, 6.45) is 4.30. The maximum absolute atomic E-state index is 12.5. The maximum atomic E-state index is 12.5. The van der Waals surface area contributed by atoms with Gasteiger partial charge < -0.3 is 10.3 Å². The summed E-state index contributed by atoms with van der Waals surface area (Å²) in [6, 6.07) is 14.1. The highest BCUT2D eigenvalue weighted by Crippen LogP contribution is 2.37. The van der Waals surface area contributed by atoms with E-state index in [2.05, 4.69) is 42.3 Å². The fourth-order valence-electron chi connectivity index (χ4n) is 3.49. The van der Waals surface area contributed by atoms with Gasteiger partial charge in [0.15, 0.2) is 0 Å². The van der Waals surface area contributed by atoms with Crippen molar-refractivity contribution in [2.45, 2.75) is 39.0 Å². The summed E-state index contributed by atoms with van der Waals surface area (Å²) in [4.78, 5) is 15.9. The largest absolute Gasteiger partial charge is 0.361 e. The first-order valence-electron chi connectivity index (χ1n) is 9.25. The molecule has 3 aromatic rings. The highest BCUT2D eigenvalue weighted by Gasteiger charge is 2.23. The summed E-state index contributed by atoms with van der Waals surface area (Å²) < 4.78 is 0. The van der Waals surface area contributed by atoms with Crippen LogP contribution in [0.25, 0.3) is 10.9 Å². The molecule has 3 nitrogen and oxygen atoms in total. The highest BCUT2D eigenvalue weighted by molar-refractivity contribution is 6.31. The third-order valence-corrected chi connectivity index (χ3v) is 5.18. The predicted molar refractivity (Wildman–Crippen MR) is 109 cm³/mol. The van der Waals surface area contributed by atoms with E-state index in [1.165, 1.54) is 5.56 Å². The molecule has 2 N–H and O–H groups in total. The molecule has 0 aliphatic carbocycles. The molecule has 1 aromatic heterocycles. The average Bonchev–Trinajstić information content (AvgIpc) is 3.09. The first-order chi connectivity index (χ1) is 12.7. The molecular formula is C22H25ClN2O. The number of nitrogens with one attached hydrogen (secondary N) is 2. The quantitative estimate of drug-likeness (QED) is 0.573. The molecule has 1 heterocycles. The van der Waals surface area contributed by atoms with Crippen LogP contribution < -0.4 is 5.32 Å². The molecule has 0 spiro atoms. The third-order valence-electron chi connectivity index (χ3n) is 4.83. The zero-order chi connectivity index (χ0) is 18.5. The van der Waals surface area contributed by atoms with Crippen molar-refractivity contribution in [2.24, 2.45) is 0 Å². The number of hydrogen-bond acceptors (Lipinski definition) is 1. The predicted octanol–water partition coefficient (Wildman–Crippen LogP) is 5.43. The molecule has 0 fully saturated rings. The number of halogens is 1. The van der Waals surface area contributed by atoms with Gasteiger partial charge in [-0.1, -0.05) is 61.8 Å². The van der Waals surface area contributed by atoms with E-state index < -0.39 is 0 Å². The van der Waals surface area contributed by atoms with E-state index in [4.69, 9.17) is 11.6 Å². The lowest BCUT2D eigenvalue weighted by Crippen LogP contribution is -2.26. The molecule has 1 atom stereocenters. The van der Waals surface area contributed by atoms with Crippen molar-refractivity contribution in [2.75, 3.05) is 6.54 Å². The van der Waals surface area contributed by atoms with Gasteiger partial charge >= 0.3 is 0 Å². The number of carbonyl (C=O) groups excluding carboxylic acids is 1. The minimum atomic E-state index is -0.0820. The summed E-state index contributed by atoms with van der Waals surface area (Å²) in [5.74, 6) is -0.0285. The minimum absolute atomic E-state index is 0.0535. The molecule has 4 heteroatoms. The van der Waals surface area contributed by atoms with E-state index in [-0.39, 0.29) is 11.8 Å². The summed E-state index contributed by atoms with van der Waals surface area (Å²) in [6.45, 7) is 4.90. The molecule has 1 amide bonds. The van der Waals surface area contributed by atoms with E-state index in [0.717, 1.165) is 34.9 Å². The lowest BCUT2D eigenvalue weighted by Gasteiger charge is -2.18. The molecular weight excluding hydrogens is 344 g/mol. The van der Waals surface area contributed by atoms with Crippen molar-refractivity contribution in [1.82, 2.24) is 10.3 Å². The van der Waals surface area contributed by atoms with Crippen LogP contribution >= 0.6 is 11.6 Å². The topological polar surface area (TPSA) is 44.9 Å². The van der Waals surface area contributed by atoms with Crippen LogP contribution in [0.4, 0.5) is 0 Å². The molecule has 0 saturated heterocycles. The Kier molecular flexibility index (Phi) is 6.00. The van der Waals surface area contributed by atoms with Crippen LogP contribution in [0.15, 0.2) is 48.7 Å². The Morgan fingerprint density at radius 1 is 1.12 bits per heavy atom. The van der Waals surface area contributed by atoms with E-state index >= 15 is 0 Å². The molecule has 0 bridgehead atoms. The lowest BCUT2D eigenvalue weighted by atomic mass is 9.87. The number of H-pyrrole nitrogens is 1. The van der Waals surface area contributed by atoms with Crippen LogP contribution in [0.5, 0.6) is 0 Å². The zero-order valence-electron chi connectivity index (χ0n) is 15.3. The molecule has 0 aliphatic rings. The lowest BCUT2D eigenvalue weighted by molar-refractivity contribution is -0.121. The first kappa shape index (κ1) is 18.5. The molecule has 0 aliphatic heterocycles. The number of carbonyl (C=O) groups is 1. The fraction of sp³-hybridized carbons (Fsp3) is 0.318. The number of para-hydroxylation sites is 1. The smallest absolute Gasteiger partial charge is 0.220 e. The van der Waals surface area contributed by atoms with Gasteiger partial charge in [-0.15, -0.1) is 0 Å². The Balaban J connectivity index is 2.06. The zero-order valence-corrected chi connectivity index (χ0v) is 16.1. The van der Waals surface area contributed by atoms with Crippen molar-refractivity contribution >= 4 is 28.4 Å². The van der Waals surface area contributed by atoms with Crippen LogP contribution in [0.2, 0.25) is 5.02 Å². The second kappa shape index (κ2) is 8.41.